The molecule has 2 bridgehead atoms. The zero-order valence-corrected chi connectivity index (χ0v) is 6.27. The first-order valence-corrected chi connectivity index (χ1v) is 4.26. The van der Waals surface area contributed by atoms with E-state index >= 15 is 0 Å². The van der Waals surface area contributed by atoms with E-state index in [2.05, 4.69) is 5.16 Å². The molecule has 0 unspecified atom stereocenters. The number of hydrogen-bond acceptors (Lipinski definition) is 3. The van der Waals surface area contributed by atoms with E-state index in [-0.39, 0.29) is 0 Å². The van der Waals surface area contributed by atoms with Gasteiger partial charge in [-0.2, -0.15) is 0 Å². The molecule has 1 aliphatic carbocycles. The van der Waals surface area contributed by atoms with Crippen molar-refractivity contribution in [3.8, 4) is 0 Å². The number of fused-ring (bicyclic) bond motifs is 2. The summed E-state index contributed by atoms with van der Waals surface area (Å²) >= 11 is 0. The van der Waals surface area contributed by atoms with E-state index in [1.165, 1.54) is 12.8 Å². The summed E-state index contributed by atoms with van der Waals surface area (Å²) in [5.74, 6) is 1.06. The van der Waals surface area contributed by atoms with Crippen LogP contribution in [0, 0.1) is 11.8 Å². The van der Waals surface area contributed by atoms with Crippen LogP contribution in [0.2, 0.25) is 0 Å². The average molecular weight is 153 g/mol. The summed E-state index contributed by atoms with van der Waals surface area (Å²) < 4.78 is 5.62. The maximum absolute atomic E-state index is 5.62. The lowest BCUT2D eigenvalue weighted by Crippen LogP contribution is -2.49. The van der Waals surface area contributed by atoms with Crippen LogP contribution in [0.15, 0.2) is 5.16 Å². The lowest BCUT2D eigenvalue weighted by molar-refractivity contribution is -0.151. The first-order valence-electron chi connectivity index (χ1n) is 4.26. The molecule has 3 nitrogen and oxygen atoms in total. The number of oxime groups is 1. The topological polar surface area (TPSA) is 30.8 Å². The van der Waals surface area contributed by atoms with Crippen LogP contribution >= 0.6 is 0 Å². The normalized spacial score (nSPS) is 52.4. The zero-order chi connectivity index (χ0) is 7.26. The molecule has 2 saturated heterocycles. The highest BCUT2D eigenvalue weighted by molar-refractivity contribution is 5.64. The van der Waals surface area contributed by atoms with Crippen molar-refractivity contribution in [1.82, 2.24) is 0 Å². The Balaban J connectivity index is 1.93. The van der Waals surface area contributed by atoms with Crippen LogP contribution in [0.4, 0.5) is 0 Å². The number of nitrogens with zero attached hydrogens (tertiary/aromatic N) is 1. The van der Waals surface area contributed by atoms with Gasteiger partial charge >= 0.3 is 0 Å². The van der Waals surface area contributed by atoms with Crippen molar-refractivity contribution in [2.24, 2.45) is 17.0 Å². The maximum Gasteiger partial charge on any atom is 0.142 e. The maximum atomic E-state index is 5.62. The van der Waals surface area contributed by atoms with Gasteiger partial charge in [0.15, 0.2) is 0 Å². The molecule has 0 aromatic heterocycles. The van der Waals surface area contributed by atoms with E-state index in [9.17, 15) is 0 Å². The van der Waals surface area contributed by atoms with E-state index in [1.54, 1.807) is 0 Å². The van der Waals surface area contributed by atoms with Gasteiger partial charge in [-0.1, -0.05) is 5.16 Å². The van der Waals surface area contributed by atoms with E-state index < -0.39 is 0 Å². The summed E-state index contributed by atoms with van der Waals surface area (Å²) in [5.41, 5.74) is 0. The Labute approximate surface area is 65.4 Å². The fraction of sp³-hybridized carbons (Fsp3) is 0.875. The Morgan fingerprint density at radius 1 is 1.36 bits per heavy atom. The number of rotatable bonds is 0. The summed E-state index contributed by atoms with van der Waals surface area (Å²) in [6.45, 7) is 0.884. The van der Waals surface area contributed by atoms with Gasteiger partial charge in [0.2, 0.25) is 0 Å². The van der Waals surface area contributed by atoms with Crippen molar-refractivity contribution in [3.63, 3.8) is 0 Å². The minimum atomic E-state index is 0.350. The van der Waals surface area contributed by atoms with Gasteiger partial charge in [-0.3, -0.25) is 0 Å². The third-order valence-electron chi connectivity index (χ3n) is 3.04. The molecule has 0 spiro atoms. The van der Waals surface area contributed by atoms with E-state index in [4.69, 9.17) is 9.57 Å². The summed E-state index contributed by atoms with van der Waals surface area (Å²) in [4.78, 5) is 5.28. The quantitative estimate of drug-likeness (QED) is 0.515. The first kappa shape index (κ1) is 6.00. The molecule has 4 rings (SSSR count). The van der Waals surface area contributed by atoms with Crippen LogP contribution in [-0.4, -0.2) is 25.0 Å². The summed E-state index contributed by atoms with van der Waals surface area (Å²) in [6.07, 6.45) is 5.12. The Kier molecular flexibility index (Phi) is 1.08. The van der Waals surface area contributed by atoms with Gasteiger partial charge in [0.05, 0.1) is 24.8 Å². The van der Waals surface area contributed by atoms with Crippen molar-refractivity contribution >= 4 is 6.21 Å². The highest BCUT2D eigenvalue weighted by atomic mass is 16.6. The molecule has 3 aliphatic heterocycles. The molecule has 1 saturated carbocycles. The molecular formula is C8H11NO2. The van der Waals surface area contributed by atoms with Crippen LogP contribution in [0.1, 0.15) is 12.8 Å². The van der Waals surface area contributed by atoms with Crippen LogP contribution in [0.5, 0.6) is 0 Å². The third-order valence-corrected chi connectivity index (χ3v) is 3.04. The minimum absolute atomic E-state index is 0.350. The Morgan fingerprint density at radius 2 is 2.36 bits per heavy atom. The summed E-state index contributed by atoms with van der Waals surface area (Å²) in [7, 11) is 0. The Bertz CT molecular complexity index is 196. The zero-order valence-electron chi connectivity index (χ0n) is 6.27. The number of hydrogen-bond donors (Lipinski definition) is 0. The van der Waals surface area contributed by atoms with E-state index in [0.29, 0.717) is 24.0 Å². The highest BCUT2D eigenvalue weighted by Gasteiger charge is 2.47. The predicted molar refractivity (Wildman–Crippen MR) is 39.3 cm³/mol. The molecule has 3 heteroatoms. The summed E-state index contributed by atoms with van der Waals surface area (Å²) in [5, 5.41) is 3.86. The van der Waals surface area contributed by atoms with Gasteiger partial charge in [-0.05, 0) is 12.8 Å². The molecule has 0 radical (unpaired) electrons. The Morgan fingerprint density at radius 3 is 3.09 bits per heavy atom. The van der Waals surface area contributed by atoms with Crippen molar-refractivity contribution in [3.05, 3.63) is 0 Å². The molecule has 4 aliphatic rings. The standard InChI is InChI=1S/C8H11NO2/c1-2-7-6-3-9-11-8(6)5(1)4-10-7/h3,5-8H,1-2,4H2/t5-,6+,7-,8-/m0/s1. The van der Waals surface area contributed by atoms with Gasteiger partial charge in [0, 0.05) is 5.92 Å². The van der Waals surface area contributed by atoms with Crippen molar-refractivity contribution in [1.29, 1.82) is 0 Å². The Hall–Kier alpha value is -0.570. The van der Waals surface area contributed by atoms with Crippen LogP contribution < -0.4 is 0 Å². The second-order valence-electron chi connectivity index (χ2n) is 3.61. The largest absolute Gasteiger partial charge is 0.392 e. The second kappa shape index (κ2) is 1.97. The number of ether oxygens (including phenoxy) is 1. The van der Waals surface area contributed by atoms with Crippen LogP contribution in [-0.2, 0) is 9.57 Å². The fourth-order valence-electron chi connectivity index (χ4n) is 2.39. The molecule has 11 heavy (non-hydrogen) atoms. The molecule has 0 aromatic carbocycles. The highest BCUT2D eigenvalue weighted by Crippen LogP contribution is 2.40. The molecule has 60 valence electrons. The average Bonchev–Trinajstić information content (AvgIpc) is 2.55. The van der Waals surface area contributed by atoms with Gasteiger partial charge in [0.25, 0.3) is 0 Å². The first-order chi connectivity index (χ1) is 5.45. The minimum Gasteiger partial charge on any atom is -0.392 e. The van der Waals surface area contributed by atoms with Gasteiger partial charge < -0.3 is 9.57 Å². The van der Waals surface area contributed by atoms with E-state index in [1.807, 2.05) is 6.21 Å². The van der Waals surface area contributed by atoms with Crippen LogP contribution in [0.3, 0.4) is 0 Å². The molecule has 0 N–H and O–H groups in total. The van der Waals surface area contributed by atoms with Crippen LogP contribution in [0.25, 0.3) is 0 Å². The van der Waals surface area contributed by atoms with Crippen molar-refractivity contribution in [2.45, 2.75) is 25.0 Å². The van der Waals surface area contributed by atoms with E-state index in [0.717, 1.165) is 6.61 Å². The predicted octanol–water partition coefficient (Wildman–Crippen LogP) is 0.796. The molecule has 0 amide bonds. The SMILES string of the molecule is C1=NO[C@H]2[C@H]3CC[C@H](OC3)[C@@H]12. The van der Waals surface area contributed by atoms with Crippen molar-refractivity contribution < 1.29 is 9.57 Å². The molecule has 0 aromatic rings. The molecule has 3 heterocycles. The lowest BCUT2D eigenvalue weighted by atomic mass is 9.75. The fourth-order valence-corrected chi connectivity index (χ4v) is 2.39. The molecular weight excluding hydrogens is 142 g/mol. The second-order valence-corrected chi connectivity index (χ2v) is 3.61. The van der Waals surface area contributed by atoms with Gasteiger partial charge in [-0.25, -0.2) is 0 Å². The third kappa shape index (κ3) is 0.692. The monoisotopic (exact) mass is 153 g/mol. The molecule has 3 fully saturated rings. The smallest absolute Gasteiger partial charge is 0.142 e. The van der Waals surface area contributed by atoms with Gasteiger partial charge in [0.1, 0.15) is 6.10 Å². The summed E-state index contributed by atoms with van der Waals surface area (Å²) in [6, 6.07) is 0. The van der Waals surface area contributed by atoms with Crippen molar-refractivity contribution in [2.75, 3.05) is 6.61 Å². The molecule has 4 atom stereocenters. The van der Waals surface area contributed by atoms with Gasteiger partial charge in [-0.15, -0.1) is 0 Å². The lowest BCUT2D eigenvalue weighted by Gasteiger charge is -2.42.